The Morgan fingerprint density at radius 3 is 2.38 bits per heavy atom. The van der Waals surface area contributed by atoms with Gasteiger partial charge < -0.3 is 0 Å². The maximum absolute atomic E-state index is 11.0. The second-order valence-corrected chi connectivity index (χ2v) is 5.58. The van der Waals surface area contributed by atoms with E-state index in [1.165, 1.54) is 6.07 Å². The van der Waals surface area contributed by atoms with Gasteiger partial charge in [-0.3, -0.25) is 10.1 Å². The molecule has 1 rings (SSSR count). The first-order valence-corrected chi connectivity index (χ1v) is 6.29. The van der Waals surface area contributed by atoms with E-state index in [1.807, 2.05) is 0 Å². The second-order valence-electron chi connectivity index (χ2n) is 2.61. The molecule has 16 heavy (non-hydrogen) atoms. The number of nitro benzene ring substituents is 1. The van der Waals surface area contributed by atoms with Crippen LogP contribution in [0.4, 0.5) is 5.69 Å². The van der Waals surface area contributed by atoms with E-state index in [2.05, 4.69) is 0 Å². The largest absolute Gasteiger partial charge is 0.289 e. The molecule has 0 atom stereocenters. The molecule has 84 valence electrons. The van der Waals surface area contributed by atoms with E-state index in [0.29, 0.717) is 6.07 Å². The van der Waals surface area contributed by atoms with Crippen molar-refractivity contribution in [3.05, 3.63) is 32.8 Å². The molecule has 0 aromatic heterocycles. The average molecular weight is 281 g/mol. The van der Waals surface area contributed by atoms with Crippen molar-refractivity contribution in [2.24, 2.45) is 0 Å². The van der Waals surface area contributed by atoms with Crippen molar-refractivity contribution in [2.75, 3.05) is 0 Å². The van der Waals surface area contributed by atoms with Crippen molar-refractivity contribution < 1.29 is 13.3 Å². The van der Waals surface area contributed by atoms with E-state index >= 15 is 0 Å². The maximum atomic E-state index is 11.0. The highest BCUT2D eigenvalue weighted by molar-refractivity contribution is 8.13. The number of nitro groups is 1. The lowest BCUT2D eigenvalue weighted by atomic mass is 10.2. The molecular formula is C7H2Cl2N2O4S. The molecule has 0 saturated carbocycles. The van der Waals surface area contributed by atoms with Crippen LogP contribution in [0.15, 0.2) is 17.0 Å². The Balaban J connectivity index is 3.67. The molecule has 0 spiro atoms. The minimum absolute atomic E-state index is 0.337. The average Bonchev–Trinajstić information content (AvgIpc) is 2.14. The molecule has 0 amide bonds. The van der Waals surface area contributed by atoms with Gasteiger partial charge in [0.05, 0.1) is 14.8 Å². The summed E-state index contributed by atoms with van der Waals surface area (Å²) in [7, 11) is 0.878. The fourth-order valence-electron chi connectivity index (χ4n) is 0.963. The minimum Gasteiger partial charge on any atom is -0.258 e. The molecule has 0 radical (unpaired) electrons. The van der Waals surface area contributed by atoms with Gasteiger partial charge in [0.15, 0.2) is 0 Å². The van der Waals surface area contributed by atoms with Gasteiger partial charge in [-0.25, -0.2) is 8.42 Å². The molecule has 0 aliphatic carbocycles. The standard InChI is InChI=1S/C7H2Cl2N2O4S/c8-6-1-4(16(9,14)15)2-7(11(12)13)5(6)3-10/h1-2H. The molecule has 0 bridgehead atoms. The molecule has 0 fully saturated rings. The third-order valence-corrected chi connectivity index (χ3v) is 3.26. The van der Waals surface area contributed by atoms with E-state index in [0.717, 1.165) is 6.07 Å². The molecule has 6 nitrogen and oxygen atoms in total. The zero-order chi connectivity index (χ0) is 12.5. The van der Waals surface area contributed by atoms with Crippen LogP contribution in [-0.2, 0) is 9.05 Å². The van der Waals surface area contributed by atoms with Crippen molar-refractivity contribution in [2.45, 2.75) is 4.90 Å². The van der Waals surface area contributed by atoms with Gasteiger partial charge in [-0.2, -0.15) is 5.26 Å². The third kappa shape index (κ3) is 2.41. The predicted molar refractivity (Wildman–Crippen MR) is 55.9 cm³/mol. The van der Waals surface area contributed by atoms with E-state index < -0.39 is 30.1 Å². The van der Waals surface area contributed by atoms with Gasteiger partial charge in [0.2, 0.25) is 0 Å². The van der Waals surface area contributed by atoms with E-state index in [9.17, 15) is 18.5 Å². The number of hydrogen-bond donors (Lipinski definition) is 0. The van der Waals surface area contributed by atoms with Crippen LogP contribution in [0.3, 0.4) is 0 Å². The summed E-state index contributed by atoms with van der Waals surface area (Å²) in [6.07, 6.45) is 0. The number of nitrogens with zero attached hydrogens (tertiary/aromatic N) is 2. The lowest BCUT2D eigenvalue weighted by Gasteiger charge is -2.00. The molecule has 9 heteroatoms. The quantitative estimate of drug-likeness (QED) is 0.469. The van der Waals surface area contributed by atoms with Crippen LogP contribution >= 0.6 is 22.3 Å². The van der Waals surface area contributed by atoms with Crippen molar-refractivity contribution >= 4 is 37.0 Å². The summed E-state index contributed by atoms with van der Waals surface area (Å²) < 4.78 is 21.9. The predicted octanol–water partition coefficient (Wildman–Crippen LogP) is 2.05. The monoisotopic (exact) mass is 280 g/mol. The molecule has 1 aromatic carbocycles. The summed E-state index contributed by atoms with van der Waals surface area (Å²) in [5.74, 6) is 0. The number of halogens is 2. The van der Waals surface area contributed by atoms with Crippen LogP contribution in [0.25, 0.3) is 0 Å². The number of nitriles is 1. The Morgan fingerprint density at radius 2 is 2.00 bits per heavy atom. The Morgan fingerprint density at radius 1 is 1.44 bits per heavy atom. The summed E-state index contributed by atoms with van der Waals surface area (Å²) in [5, 5.41) is 18.9. The van der Waals surface area contributed by atoms with Crippen LogP contribution in [0.2, 0.25) is 5.02 Å². The van der Waals surface area contributed by atoms with Gasteiger partial charge in [-0.15, -0.1) is 0 Å². The second kappa shape index (κ2) is 4.25. The SMILES string of the molecule is N#Cc1c(Cl)cc(S(=O)(=O)Cl)cc1[N+](=O)[O-]. The van der Waals surface area contributed by atoms with Gasteiger partial charge in [0.25, 0.3) is 14.7 Å². The molecule has 0 heterocycles. The number of rotatable bonds is 2. The first kappa shape index (κ1) is 12.7. The van der Waals surface area contributed by atoms with Crippen LogP contribution in [0, 0.1) is 21.4 Å². The maximum Gasteiger partial charge on any atom is 0.289 e. The lowest BCUT2D eigenvalue weighted by Crippen LogP contribution is -1.98. The van der Waals surface area contributed by atoms with Gasteiger partial charge in [-0.1, -0.05) is 11.6 Å². The Labute approximate surface area is 99.6 Å². The van der Waals surface area contributed by atoms with E-state index in [4.69, 9.17) is 27.5 Å². The summed E-state index contributed by atoms with van der Waals surface area (Å²) in [5.41, 5.74) is -1.11. The van der Waals surface area contributed by atoms with E-state index in [-0.39, 0.29) is 5.02 Å². The highest BCUT2D eigenvalue weighted by Gasteiger charge is 2.23. The Hall–Kier alpha value is -1.36. The number of hydrogen-bond acceptors (Lipinski definition) is 5. The van der Waals surface area contributed by atoms with Crippen LogP contribution < -0.4 is 0 Å². The highest BCUT2D eigenvalue weighted by Crippen LogP contribution is 2.30. The van der Waals surface area contributed by atoms with Gasteiger partial charge in [0, 0.05) is 16.7 Å². The van der Waals surface area contributed by atoms with Crippen molar-refractivity contribution in [1.29, 1.82) is 5.26 Å². The molecule has 0 unspecified atom stereocenters. The Bertz CT molecular complexity index is 606. The summed E-state index contributed by atoms with van der Waals surface area (Å²) in [6, 6.07) is 3.08. The normalized spacial score (nSPS) is 10.8. The van der Waals surface area contributed by atoms with Gasteiger partial charge in [-0.05, 0) is 6.07 Å². The molecule has 1 aromatic rings. The smallest absolute Gasteiger partial charge is 0.258 e. The molecule has 0 N–H and O–H groups in total. The molecule has 0 aliphatic heterocycles. The summed E-state index contributed by atoms with van der Waals surface area (Å²) >= 11 is 5.53. The van der Waals surface area contributed by atoms with Crippen LogP contribution in [-0.4, -0.2) is 13.3 Å². The lowest BCUT2D eigenvalue weighted by molar-refractivity contribution is -0.385. The van der Waals surface area contributed by atoms with Crippen molar-refractivity contribution in [1.82, 2.24) is 0 Å². The van der Waals surface area contributed by atoms with E-state index in [1.54, 1.807) is 0 Å². The van der Waals surface area contributed by atoms with Gasteiger partial charge >= 0.3 is 0 Å². The van der Waals surface area contributed by atoms with Crippen molar-refractivity contribution in [3.8, 4) is 6.07 Å². The fourth-order valence-corrected chi connectivity index (χ4v) is 2.06. The zero-order valence-electron chi connectivity index (χ0n) is 7.35. The molecular weight excluding hydrogens is 279 g/mol. The first-order valence-electron chi connectivity index (χ1n) is 3.60. The summed E-state index contributed by atoms with van der Waals surface area (Å²) in [6.45, 7) is 0. The topological polar surface area (TPSA) is 101 Å². The first-order chi connectivity index (χ1) is 7.27. The Kier molecular flexibility index (Phi) is 3.38. The van der Waals surface area contributed by atoms with Crippen LogP contribution in [0.1, 0.15) is 5.56 Å². The summed E-state index contributed by atoms with van der Waals surface area (Å²) in [4.78, 5) is 9.14. The molecule has 0 aliphatic rings. The van der Waals surface area contributed by atoms with Crippen molar-refractivity contribution in [3.63, 3.8) is 0 Å². The minimum atomic E-state index is -4.13. The zero-order valence-corrected chi connectivity index (χ0v) is 9.67. The highest BCUT2D eigenvalue weighted by atomic mass is 35.7. The third-order valence-electron chi connectivity index (χ3n) is 1.63. The van der Waals surface area contributed by atoms with Gasteiger partial charge in [0.1, 0.15) is 11.6 Å². The molecule has 0 saturated heterocycles. The van der Waals surface area contributed by atoms with Crippen LogP contribution in [0.5, 0.6) is 0 Å². The number of benzene rings is 1. The fraction of sp³-hybridized carbons (Fsp3) is 0.